The van der Waals surface area contributed by atoms with E-state index in [1.807, 2.05) is 0 Å². The lowest BCUT2D eigenvalue weighted by molar-refractivity contribution is 0.180. The van der Waals surface area contributed by atoms with E-state index in [2.05, 4.69) is 5.32 Å². The Morgan fingerprint density at radius 1 is 1.43 bits per heavy atom. The molecule has 1 atom stereocenters. The van der Waals surface area contributed by atoms with Crippen molar-refractivity contribution < 1.29 is 9.50 Å². The highest BCUT2D eigenvalue weighted by atomic mass is 19.1. The summed E-state index contributed by atoms with van der Waals surface area (Å²) in [7, 11) is 0. The van der Waals surface area contributed by atoms with Crippen LogP contribution in [0.1, 0.15) is 6.42 Å². The number of halogens is 1. The molecule has 3 nitrogen and oxygen atoms in total. The summed E-state index contributed by atoms with van der Waals surface area (Å²) >= 11 is 0. The zero-order valence-corrected chi connectivity index (χ0v) is 7.91. The van der Waals surface area contributed by atoms with Gasteiger partial charge in [0.15, 0.2) is 0 Å². The van der Waals surface area contributed by atoms with Gasteiger partial charge in [0, 0.05) is 6.54 Å². The van der Waals surface area contributed by atoms with Gasteiger partial charge in [-0.2, -0.15) is 0 Å². The molecule has 0 aromatic heterocycles. The summed E-state index contributed by atoms with van der Waals surface area (Å²) in [6.45, 7) is 0.748. The molecule has 0 aliphatic carbocycles. The summed E-state index contributed by atoms with van der Waals surface area (Å²) < 4.78 is 13.1. The molecule has 0 saturated heterocycles. The highest BCUT2D eigenvalue weighted by molar-refractivity contribution is 5.44. The number of benzene rings is 1. The molecular weight excluding hydrogens is 183 g/mol. The lowest BCUT2D eigenvalue weighted by atomic mass is 10.2. The van der Waals surface area contributed by atoms with Crippen LogP contribution >= 0.6 is 0 Å². The normalized spacial score (nSPS) is 12.5. The zero-order valence-electron chi connectivity index (χ0n) is 7.91. The van der Waals surface area contributed by atoms with E-state index in [4.69, 9.17) is 5.73 Å². The van der Waals surface area contributed by atoms with Crippen molar-refractivity contribution in [1.29, 1.82) is 0 Å². The maximum Gasteiger partial charge on any atom is 0.146 e. The Morgan fingerprint density at radius 2 is 2.14 bits per heavy atom. The first-order valence-corrected chi connectivity index (χ1v) is 4.60. The summed E-state index contributed by atoms with van der Waals surface area (Å²) in [5, 5.41) is 12.2. The van der Waals surface area contributed by atoms with Gasteiger partial charge in [-0.05, 0) is 25.1 Å². The minimum Gasteiger partial charge on any atom is -0.391 e. The number of aliphatic hydroxyl groups excluding tert-OH is 1. The predicted octanol–water partition coefficient (Wildman–Crippen LogP) is 0.947. The van der Waals surface area contributed by atoms with Crippen LogP contribution in [0.25, 0.3) is 0 Å². The van der Waals surface area contributed by atoms with Gasteiger partial charge in [0.2, 0.25) is 0 Å². The average molecular weight is 198 g/mol. The average Bonchev–Trinajstić information content (AvgIpc) is 2.17. The maximum atomic E-state index is 13.1. The van der Waals surface area contributed by atoms with Crippen LogP contribution in [-0.2, 0) is 0 Å². The van der Waals surface area contributed by atoms with Crippen molar-refractivity contribution in [2.24, 2.45) is 5.73 Å². The monoisotopic (exact) mass is 198 g/mol. The third-order valence-corrected chi connectivity index (χ3v) is 1.90. The minimum atomic E-state index is -0.528. The molecule has 14 heavy (non-hydrogen) atoms. The quantitative estimate of drug-likeness (QED) is 0.660. The highest BCUT2D eigenvalue weighted by Gasteiger charge is 2.04. The fraction of sp³-hybridized carbons (Fsp3) is 0.400. The minimum absolute atomic E-state index is 0.313. The first kappa shape index (κ1) is 10.9. The number of para-hydroxylation sites is 1. The van der Waals surface area contributed by atoms with Crippen LogP contribution in [0.5, 0.6) is 0 Å². The van der Waals surface area contributed by atoms with Gasteiger partial charge in [-0.3, -0.25) is 0 Å². The van der Waals surface area contributed by atoms with Crippen molar-refractivity contribution >= 4 is 5.69 Å². The number of hydrogen-bond acceptors (Lipinski definition) is 3. The molecule has 1 rings (SSSR count). The lowest BCUT2D eigenvalue weighted by Crippen LogP contribution is -2.22. The standard InChI is InChI=1S/C10H15FN2O/c11-9-3-1-2-4-10(9)13-7-8(14)5-6-12/h1-4,8,13-14H,5-7,12H2. The van der Waals surface area contributed by atoms with E-state index >= 15 is 0 Å². The number of anilines is 1. The molecule has 0 aliphatic heterocycles. The number of hydrogen-bond donors (Lipinski definition) is 3. The van der Waals surface area contributed by atoms with E-state index in [1.165, 1.54) is 6.07 Å². The van der Waals surface area contributed by atoms with Crippen molar-refractivity contribution in [3.63, 3.8) is 0 Å². The van der Waals surface area contributed by atoms with Gasteiger partial charge in [0.25, 0.3) is 0 Å². The molecule has 0 saturated carbocycles. The Labute approximate surface area is 82.7 Å². The van der Waals surface area contributed by atoms with Crippen molar-refractivity contribution in [2.45, 2.75) is 12.5 Å². The van der Waals surface area contributed by atoms with Crippen LogP contribution in [0, 0.1) is 5.82 Å². The Hall–Kier alpha value is -1.13. The first-order chi connectivity index (χ1) is 6.74. The van der Waals surface area contributed by atoms with E-state index in [-0.39, 0.29) is 5.82 Å². The third-order valence-electron chi connectivity index (χ3n) is 1.90. The topological polar surface area (TPSA) is 58.3 Å². The molecule has 1 unspecified atom stereocenters. The molecule has 0 amide bonds. The van der Waals surface area contributed by atoms with E-state index < -0.39 is 6.10 Å². The van der Waals surface area contributed by atoms with Crippen LogP contribution in [-0.4, -0.2) is 24.3 Å². The second-order valence-electron chi connectivity index (χ2n) is 3.09. The second kappa shape index (κ2) is 5.57. The number of nitrogens with one attached hydrogen (secondary N) is 1. The summed E-state index contributed by atoms with van der Waals surface area (Å²) in [6, 6.07) is 6.36. The Balaban J connectivity index is 2.41. The van der Waals surface area contributed by atoms with Gasteiger partial charge >= 0.3 is 0 Å². The molecular formula is C10H15FN2O. The molecule has 78 valence electrons. The van der Waals surface area contributed by atoms with E-state index in [9.17, 15) is 9.50 Å². The Kier molecular flexibility index (Phi) is 4.35. The molecule has 0 radical (unpaired) electrons. The smallest absolute Gasteiger partial charge is 0.146 e. The van der Waals surface area contributed by atoms with Gasteiger partial charge in [-0.25, -0.2) is 4.39 Å². The molecule has 0 heterocycles. The van der Waals surface area contributed by atoms with Crippen LogP contribution < -0.4 is 11.1 Å². The molecule has 1 aromatic carbocycles. The van der Waals surface area contributed by atoms with Gasteiger partial charge in [0.05, 0.1) is 11.8 Å². The number of nitrogens with two attached hydrogens (primary N) is 1. The van der Waals surface area contributed by atoms with Crippen LogP contribution in [0.3, 0.4) is 0 Å². The number of rotatable bonds is 5. The molecule has 0 fully saturated rings. The van der Waals surface area contributed by atoms with Crippen molar-refractivity contribution in [3.05, 3.63) is 30.1 Å². The van der Waals surface area contributed by atoms with Gasteiger partial charge in [-0.1, -0.05) is 12.1 Å². The lowest BCUT2D eigenvalue weighted by Gasteiger charge is -2.11. The fourth-order valence-electron chi connectivity index (χ4n) is 1.13. The highest BCUT2D eigenvalue weighted by Crippen LogP contribution is 2.12. The van der Waals surface area contributed by atoms with Crippen LogP contribution in [0.4, 0.5) is 10.1 Å². The summed E-state index contributed by atoms with van der Waals surface area (Å²) in [5.41, 5.74) is 5.67. The van der Waals surface area contributed by atoms with Crippen LogP contribution in [0.15, 0.2) is 24.3 Å². The third kappa shape index (κ3) is 3.32. The van der Waals surface area contributed by atoms with Crippen LogP contribution in [0.2, 0.25) is 0 Å². The van der Waals surface area contributed by atoms with E-state index in [0.717, 1.165) is 0 Å². The zero-order chi connectivity index (χ0) is 10.4. The summed E-state index contributed by atoms with van der Waals surface area (Å²) in [5.74, 6) is -0.313. The predicted molar refractivity (Wildman–Crippen MR) is 54.6 cm³/mol. The fourth-order valence-corrected chi connectivity index (χ4v) is 1.13. The van der Waals surface area contributed by atoms with E-state index in [1.54, 1.807) is 18.2 Å². The molecule has 0 aliphatic rings. The summed E-state index contributed by atoms with van der Waals surface area (Å²) in [4.78, 5) is 0. The molecule has 0 bridgehead atoms. The van der Waals surface area contributed by atoms with Crippen molar-refractivity contribution in [1.82, 2.24) is 0 Å². The van der Waals surface area contributed by atoms with Gasteiger partial charge in [0.1, 0.15) is 5.82 Å². The number of aliphatic hydroxyl groups is 1. The molecule has 0 spiro atoms. The SMILES string of the molecule is NCCC(O)CNc1ccccc1F. The maximum absolute atomic E-state index is 13.1. The van der Waals surface area contributed by atoms with Crippen molar-refractivity contribution in [2.75, 3.05) is 18.4 Å². The van der Waals surface area contributed by atoms with Gasteiger partial charge in [-0.15, -0.1) is 0 Å². The molecule has 4 heteroatoms. The van der Waals surface area contributed by atoms with Crippen molar-refractivity contribution in [3.8, 4) is 0 Å². The molecule has 4 N–H and O–H groups in total. The largest absolute Gasteiger partial charge is 0.391 e. The second-order valence-corrected chi connectivity index (χ2v) is 3.09. The Bertz CT molecular complexity index is 281. The molecule has 1 aromatic rings. The van der Waals surface area contributed by atoms with Gasteiger partial charge < -0.3 is 16.2 Å². The summed E-state index contributed by atoms with van der Waals surface area (Å²) in [6.07, 6.45) is -0.0128. The van der Waals surface area contributed by atoms with E-state index in [0.29, 0.717) is 25.2 Å². The first-order valence-electron chi connectivity index (χ1n) is 4.60. The Morgan fingerprint density at radius 3 is 2.79 bits per heavy atom.